The third kappa shape index (κ3) is 3.48. The molecule has 0 aliphatic carbocycles. The maximum Gasteiger partial charge on any atom is 0.346 e. The summed E-state index contributed by atoms with van der Waals surface area (Å²) in [7, 11) is 1.57. The Bertz CT molecular complexity index is 678. The van der Waals surface area contributed by atoms with Crippen LogP contribution < -0.4 is 5.32 Å². The average Bonchev–Trinajstić information content (AvgIpc) is 2.80. The topological polar surface area (TPSA) is 75.6 Å². The van der Waals surface area contributed by atoms with Gasteiger partial charge in [0.05, 0.1) is 11.6 Å². The molecule has 0 saturated carbocycles. The number of methoxy groups -OCH3 is 1. The number of hydrogen-bond acceptors (Lipinski definition) is 4. The van der Waals surface area contributed by atoms with E-state index >= 15 is 0 Å². The van der Waals surface area contributed by atoms with E-state index in [4.69, 9.17) is 9.84 Å². The predicted molar refractivity (Wildman–Crippen MR) is 81.1 cm³/mol. The Morgan fingerprint density at radius 1 is 1.33 bits per heavy atom. The van der Waals surface area contributed by atoms with Crippen LogP contribution >= 0.6 is 11.3 Å². The summed E-state index contributed by atoms with van der Waals surface area (Å²) in [4.78, 5) is 23.5. The van der Waals surface area contributed by atoms with Crippen molar-refractivity contribution in [1.29, 1.82) is 0 Å². The number of rotatable bonds is 5. The van der Waals surface area contributed by atoms with Crippen molar-refractivity contribution in [3.8, 4) is 0 Å². The van der Waals surface area contributed by atoms with Crippen LogP contribution in [0.3, 0.4) is 0 Å². The Labute approximate surface area is 126 Å². The van der Waals surface area contributed by atoms with Crippen LogP contribution in [0, 0.1) is 6.92 Å². The molecule has 0 fully saturated rings. The van der Waals surface area contributed by atoms with Crippen molar-refractivity contribution in [2.24, 2.45) is 0 Å². The lowest BCUT2D eigenvalue weighted by Gasteiger charge is -2.08. The quantitative estimate of drug-likeness (QED) is 0.889. The van der Waals surface area contributed by atoms with Gasteiger partial charge in [-0.15, -0.1) is 11.3 Å². The summed E-state index contributed by atoms with van der Waals surface area (Å²) < 4.78 is 5.07. The third-order valence-corrected chi connectivity index (χ3v) is 4.05. The van der Waals surface area contributed by atoms with Gasteiger partial charge in [-0.1, -0.05) is 18.2 Å². The molecule has 0 spiro atoms. The number of carboxylic acids is 1. The lowest BCUT2D eigenvalue weighted by Crippen LogP contribution is -2.13. The van der Waals surface area contributed by atoms with Gasteiger partial charge in [-0.2, -0.15) is 0 Å². The average molecular weight is 305 g/mol. The number of carboxylic acid groups (broad SMARTS) is 1. The second-order valence-corrected chi connectivity index (χ2v) is 5.52. The van der Waals surface area contributed by atoms with Crippen LogP contribution in [-0.4, -0.2) is 24.1 Å². The van der Waals surface area contributed by atoms with Crippen LogP contribution in [0.5, 0.6) is 0 Å². The minimum absolute atomic E-state index is 0.232. The van der Waals surface area contributed by atoms with Crippen LogP contribution in [0.25, 0.3) is 0 Å². The zero-order chi connectivity index (χ0) is 15.4. The Balaban J connectivity index is 2.22. The van der Waals surface area contributed by atoms with Crippen molar-refractivity contribution in [3.63, 3.8) is 0 Å². The molecule has 6 heteroatoms. The first-order valence-electron chi connectivity index (χ1n) is 6.25. The number of nitrogens with one attached hydrogen (secondary N) is 1. The molecule has 1 amide bonds. The number of aryl methyl sites for hydroxylation is 1. The Morgan fingerprint density at radius 2 is 2.05 bits per heavy atom. The fraction of sp³-hybridized carbons (Fsp3) is 0.200. The Kier molecular flexibility index (Phi) is 4.72. The molecule has 0 atom stereocenters. The number of aromatic carboxylic acids is 1. The van der Waals surface area contributed by atoms with Crippen LogP contribution in [0.2, 0.25) is 0 Å². The fourth-order valence-electron chi connectivity index (χ4n) is 1.96. The maximum absolute atomic E-state index is 12.3. The normalized spacial score (nSPS) is 10.4. The number of ether oxygens (including phenoxy) is 1. The first-order chi connectivity index (χ1) is 10.0. The lowest BCUT2D eigenvalue weighted by molar-refractivity contribution is 0.0701. The minimum Gasteiger partial charge on any atom is -0.477 e. The van der Waals surface area contributed by atoms with Gasteiger partial charge in [0.25, 0.3) is 5.91 Å². The van der Waals surface area contributed by atoms with Gasteiger partial charge in [-0.25, -0.2) is 4.79 Å². The predicted octanol–water partition coefficient (Wildman–Crippen LogP) is 3.15. The van der Waals surface area contributed by atoms with E-state index in [0.717, 1.165) is 16.9 Å². The van der Waals surface area contributed by atoms with Crippen molar-refractivity contribution >= 4 is 28.2 Å². The molecule has 2 N–H and O–H groups in total. The van der Waals surface area contributed by atoms with E-state index in [0.29, 0.717) is 22.7 Å². The summed E-state index contributed by atoms with van der Waals surface area (Å²) in [6, 6.07) is 8.80. The highest BCUT2D eigenvalue weighted by molar-refractivity contribution is 7.18. The monoisotopic (exact) mass is 305 g/mol. The van der Waals surface area contributed by atoms with E-state index in [-0.39, 0.29) is 10.8 Å². The SMILES string of the molecule is COCc1ccccc1C(=O)Nc1cc(C)c(C(=O)O)s1. The van der Waals surface area contributed by atoms with E-state index in [1.165, 1.54) is 0 Å². The molecule has 1 aromatic carbocycles. The zero-order valence-corrected chi connectivity index (χ0v) is 12.5. The maximum atomic E-state index is 12.3. The van der Waals surface area contributed by atoms with Gasteiger partial charge in [0.2, 0.25) is 0 Å². The molecule has 1 aromatic heterocycles. The molecule has 1 heterocycles. The second-order valence-electron chi connectivity index (χ2n) is 4.47. The highest BCUT2D eigenvalue weighted by Crippen LogP contribution is 2.27. The van der Waals surface area contributed by atoms with Gasteiger partial charge in [0, 0.05) is 12.7 Å². The molecule has 2 aromatic rings. The minimum atomic E-state index is -0.988. The summed E-state index contributed by atoms with van der Waals surface area (Å²) in [5.74, 6) is -1.27. The van der Waals surface area contributed by atoms with Crippen LogP contribution in [-0.2, 0) is 11.3 Å². The van der Waals surface area contributed by atoms with E-state index in [1.54, 1.807) is 32.2 Å². The summed E-state index contributed by atoms with van der Waals surface area (Å²) in [6.07, 6.45) is 0. The van der Waals surface area contributed by atoms with Crippen molar-refractivity contribution in [1.82, 2.24) is 0 Å². The van der Waals surface area contributed by atoms with E-state index in [2.05, 4.69) is 5.32 Å². The molecule has 0 radical (unpaired) electrons. The third-order valence-electron chi connectivity index (χ3n) is 2.91. The molecule has 21 heavy (non-hydrogen) atoms. The van der Waals surface area contributed by atoms with Gasteiger partial charge in [0.1, 0.15) is 4.88 Å². The molecular weight excluding hydrogens is 290 g/mol. The molecule has 110 valence electrons. The molecule has 0 saturated heterocycles. The van der Waals surface area contributed by atoms with Crippen LogP contribution in [0.4, 0.5) is 5.00 Å². The first-order valence-corrected chi connectivity index (χ1v) is 7.06. The number of carbonyl (C=O) groups excluding carboxylic acids is 1. The molecule has 0 unspecified atom stereocenters. The summed E-state index contributed by atoms with van der Waals surface area (Å²) in [5, 5.41) is 12.3. The standard InChI is InChI=1S/C15H15NO4S/c1-9-7-12(21-13(9)15(18)19)16-14(17)11-6-4-3-5-10(11)8-20-2/h3-7H,8H2,1-2H3,(H,16,17)(H,18,19). The number of anilines is 1. The molecule has 0 aliphatic rings. The van der Waals surface area contributed by atoms with Gasteiger partial charge in [-0.05, 0) is 30.2 Å². The van der Waals surface area contributed by atoms with E-state index < -0.39 is 5.97 Å². The van der Waals surface area contributed by atoms with E-state index in [1.807, 2.05) is 12.1 Å². The molecular formula is C15H15NO4S. The van der Waals surface area contributed by atoms with Crippen LogP contribution in [0.1, 0.15) is 31.2 Å². The zero-order valence-electron chi connectivity index (χ0n) is 11.7. The summed E-state index contributed by atoms with van der Waals surface area (Å²) >= 11 is 1.05. The van der Waals surface area contributed by atoms with Gasteiger partial charge >= 0.3 is 5.97 Å². The van der Waals surface area contributed by atoms with Gasteiger partial charge in [0.15, 0.2) is 0 Å². The number of amides is 1. The Morgan fingerprint density at radius 3 is 2.67 bits per heavy atom. The molecule has 2 rings (SSSR count). The molecule has 0 aliphatic heterocycles. The number of thiophene rings is 1. The number of hydrogen-bond donors (Lipinski definition) is 2. The summed E-state index contributed by atoms with van der Waals surface area (Å²) in [6.45, 7) is 2.04. The summed E-state index contributed by atoms with van der Waals surface area (Å²) in [5.41, 5.74) is 1.93. The van der Waals surface area contributed by atoms with Crippen molar-refractivity contribution in [3.05, 3.63) is 51.9 Å². The largest absolute Gasteiger partial charge is 0.477 e. The van der Waals surface area contributed by atoms with Crippen molar-refractivity contribution in [2.75, 3.05) is 12.4 Å². The molecule has 5 nitrogen and oxygen atoms in total. The second kappa shape index (κ2) is 6.51. The number of carbonyl (C=O) groups is 2. The highest BCUT2D eigenvalue weighted by atomic mass is 32.1. The fourth-order valence-corrected chi connectivity index (χ4v) is 2.87. The van der Waals surface area contributed by atoms with Crippen molar-refractivity contribution in [2.45, 2.75) is 13.5 Å². The van der Waals surface area contributed by atoms with Gasteiger partial charge in [-0.3, -0.25) is 4.79 Å². The number of benzene rings is 1. The lowest BCUT2D eigenvalue weighted by atomic mass is 10.1. The smallest absolute Gasteiger partial charge is 0.346 e. The first kappa shape index (κ1) is 15.2. The Hall–Kier alpha value is -2.18. The van der Waals surface area contributed by atoms with E-state index in [9.17, 15) is 9.59 Å². The van der Waals surface area contributed by atoms with Crippen molar-refractivity contribution < 1.29 is 19.4 Å². The molecule has 0 bridgehead atoms. The van der Waals surface area contributed by atoms with Crippen LogP contribution in [0.15, 0.2) is 30.3 Å². The highest BCUT2D eigenvalue weighted by Gasteiger charge is 2.16. The van der Waals surface area contributed by atoms with Gasteiger partial charge < -0.3 is 15.2 Å².